The van der Waals surface area contributed by atoms with Crippen molar-refractivity contribution in [3.05, 3.63) is 81.9 Å². The molecule has 0 saturated heterocycles. The fourth-order valence-corrected chi connectivity index (χ4v) is 3.40. The van der Waals surface area contributed by atoms with Gasteiger partial charge in [-0.05, 0) is 30.7 Å². The number of amides is 2. The first-order valence-electron chi connectivity index (χ1n) is 8.52. The van der Waals surface area contributed by atoms with Gasteiger partial charge in [-0.1, -0.05) is 47.7 Å². The largest absolute Gasteiger partial charge is 0.416 e. The number of nitrogens with zero attached hydrogens (tertiary/aromatic N) is 1. The zero-order valence-electron chi connectivity index (χ0n) is 15.2. The molecule has 0 aliphatic heterocycles. The van der Waals surface area contributed by atoms with Gasteiger partial charge in [0, 0.05) is 12.1 Å². The van der Waals surface area contributed by atoms with Gasteiger partial charge in [-0.3, -0.25) is 14.9 Å². The van der Waals surface area contributed by atoms with E-state index in [0.717, 1.165) is 35.1 Å². The SMILES string of the molecule is Cc1nc(NC(=O)c2cccc(C(F)(F)F)c2)sc1C(=O)NCc1ccccc1. The molecule has 2 N–H and O–H groups in total. The van der Waals surface area contributed by atoms with E-state index in [1.807, 2.05) is 30.3 Å². The second kappa shape index (κ2) is 8.44. The molecule has 2 aromatic carbocycles. The summed E-state index contributed by atoms with van der Waals surface area (Å²) in [7, 11) is 0. The van der Waals surface area contributed by atoms with E-state index in [-0.39, 0.29) is 16.6 Å². The van der Waals surface area contributed by atoms with Crippen LogP contribution in [-0.2, 0) is 12.7 Å². The zero-order valence-corrected chi connectivity index (χ0v) is 16.0. The molecule has 0 radical (unpaired) electrons. The van der Waals surface area contributed by atoms with Gasteiger partial charge in [0.05, 0.1) is 11.3 Å². The summed E-state index contributed by atoms with van der Waals surface area (Å²) in [6.45, 7) is 1.96. The lowest BCUT2D eigenvalue weighted by atomic mass is 10.1. The highest BCUT2D eigenvalue weighted by Gasteiger charge is 2.31. The van der Waals surface area contributed by atoms with Crippen LogP contribution in [0.3, 0.4) is 0 Å². The second-order valence-electron chi connectivity index (χ2n) is 6.13. The molecule has 9 heteroatoms. The number of anilines is 1. The molecule has 5 nitrogen and oxygen atoms in total. The Morgan fingerprint density at radius 3 is 2.45 bits per heavy atom. The molecule has 3 aromatic rings. The van der Waals surface area contributed by atoms with Gasteiger partial charge in [-0.25, -0.2) is 4.98 Å². The predicted molar refractivity (Wildman–Crippen MR) is 104 cm³/mol. The third-order valence-electron chi connectivity index (χ3n) is 3.97. The van der Waals surface area contributed by atoms with Crippen molar-refractivity contribution >= 4 is 28.3 Å². The van der Waals surface area contributed by atoms with Gasteiger partial charge in [0.25, 0.3) is 11.8 Å². The van der Waals surface area contributed by atoms with Crippen LogP contribution in [0, 0.1) is 6.92 Å². The Bertz CT molecular complexity index is 1030. The molecular weight excluding hydrogens is 403 g/mol. The summed E-state index contributed by atoms with van der Waals surface area (Å²) in [5.74, 6) is -1.08. The number of hydrogen-bond acceptors (Lipinski definition) is 4. The number of benzene rings is 2. The molecule has 29 heavy (non-hydrogen) atoms. The van der Waals surface area contributed by atoms with Crippen LogP contribution in [0.15, 0.2) is 54.6 Å². The van der Waals surface area contributed by atoms with E-state index in [4.69, 9.17) is 0 Å². The van der Waals surface area contributed by atoms with Crippen molar-refractivity contribution in [3.8, 4) is 0 Å². The Morgan fingerprint density at radius 1 is 1.03 bits per heavy atom. The maximum Gasteiger partial charge on any atom is 0.416 e. The number of aryl methyl sites for hydroxylation is 1. The van der Waals surface area contributed by atoms with Crippen LogP contribution in [-0.4, -0.2) is 16.8 Å². The zero-order chi connectivity index (χ0) is 21.0. The first-order valence-corrected chi connectivity index (χ1v) is 9.34. The number of carbonyl (C=O) groups is 2. The minimum atomic E-state index is -4.54. The van der Waals surface area contributed by atoms with Gasteiger partial charge in [0.15, 0.2) is 5.13 Å². The smallest absolute Gasteiger partial charge is 0.347 e. The maximum absolute atomic E-state index is 12.8. The summed E-state index contributed by atoms with van der Waals surface area (Å²) in [5.41, 5.74) is 0.283. The molecule has 0 aliphatic rings. The standard InChI is InChI=1S/C20H16F3N3O2S/c1-12-16(18(28)24-11-13-6-3-2-4-7-13)29-19(25-12)26-17(27)14-8-5-9-15(10-14)20(21,22)23/h2-10H,11H2,1H3,(H,24,28)(H,25,26,27). The van der Waals surface area contributed by atoms with Crippen LogP contribution >= 0.6 is 11.3 Å². The van der Waals surface area contributed by atoms with Gasteiger partial charge < -0.3 is 5.32 Å². The molecular formula is C20H16F3N3O2S. The van der Waals surface area contributed by atoms with Crippen LogP contribution in [0.5, 0.6) is 0 Å². The molecule has 0 unspecified atom stereocenters. The Balaban J connectivity index is 1.68. The highest BCUT2D eigenvalue weighted by Crippen LogP contribution is 2.30. The summed E-state index contributed by atoms with van der Waals surface area (Å²) in [4.78, 5) is 29.1. The maximum atomic E-state index is 12.8. The number of rotatable bonds is 5. The van der Waals surface area contributed by atoms with Gasteiger partial charge in [-0.2, -0.15) is 13.2 Å². The summed E-state index contributed by atoms with van der Waals surface area (Å²) in [6.07, 6.45) is -4.54. The van der Waals surface area contributed by atoms with Crippen LogP contribution < -0.4 is 10.6 Å². The Kier molecular flexibility index (Phi) is 5.97. The molecule has 3 rings (SSSR count). The summed E-state index contributed by atoms with van der Waals surface area (Å²) in [6, 6.07) is 13.4. The van der Waals surface area contributed by atoms with Crippen LogP contribution in [0.4, 0.5) is 18.3 Å². The average Bonchev–Trinajstić information content (AvgIpc) is 3.06. The van der Waals surface area contributed by atoms with Crippen molar-refractivity contribution < 1.29 is 22.8 Å². The van der Waals surface area contributed by atoms with Crippen LogP contribution in [0.2, 0.25) is 0 Å². The lowest BCUT2D eigenvalue weighted by Crippen LogP contribution is -2.22. The topological polar surface area (TPSA) is 71.1 Å². The quantitative estimate of drug-likeness (QED) is 0.632. The Labute approximate surface area is 168 Å². The number of carbonyl (C=O) groups excluding carboxylic acids is 2. The van der Waals surface area contributed by atoms with Crippen molar-refractivity contribution in [2.45, 2.75) is 19.6 Å². The normalized spacial score (nSPS) is 11.2. The number of hydrogen-bond donors (Lipinski definition) is 2. The molecule has 0 aliphatic carbocycles. The number of nitrogens with one attached hydrogen (secondary N) is 2. The minimum absolute atomic E-state index is 0.134. The Morgan fingerprint density at radius 2 is 1.76 bits per heavy atom. The number of halogens is 3. The monoisotopic (exact) mass is 419 g/mol. The Hall–Kier alpha value is -3.20. The van der Waals surface area contributed by atoms with E-state index < -0.39 is 17.6 Å². The van der Waals surface area contributed by atoms with Crippen molar-refractivity contribution in [1.29, 1.82) is 0 Å². The lowest BCUT2D eigenvalue weighted by Gasteiger charge is -2.08. The molecule has 2 amide bonds. The van der Waals surface area contributed by atoms with Crippen molar-refractivity contribution in [3.63, 3.8) is 0 Å². The third kappa shape index (κ3) is 5.20. The molecule has 0 atom stereocenters. The molecule has 0 bridgehead atoms. The summed E-state index contributed by atoms with van der Waals surface area (Å²) < 4.78 is 38.4. The van der Waals surface area contributed by atoms with E-state index in [1.54, 1.807) is 6.92 Å². The number of aromatic nitrogens is 1. The van der Waals surface area contributed by atoms with E-state index in [2.05, 4.69) is 15.6 Å². The number of thiazole rings is 1. The van der Waals surface area contributed by atoms with Gasteiger partial charge in [0.2, 0.25) is 0 Å². The van der Waals surface area contributed by atoms with E-state index >= 15 is 0 Å². The van der Waals surface area contributed by atoms with Crippen LogP contribution in [0.1, 0.15) is 36.9 Å². The third-order valence-corrected chi connectivity index (χ3v) is 5.04. The lowest BCUT2D eigenvalue weighted by molar-refractivity contribution is -0.137. The fourth-order valence-electron chi connectivity index (χ4n) is 2.53. The predicted octanol–water partition coefficient (Wildman–Crippen LogP) is 4.65. The number of alkyl halides is 3. The van der Waals surface area contributed by atoms with E-state index in [1.165, 1.54) is 6.07 Å². The van der Waals surface area contributed by atoms with Crippen molar-refractivity contribution in [1.82, 2.24) is 10.3 Å². The van der Waals surface area contributed by atoms with Gasteiger partial charge in [0.1, 0.15) is 4.88 Å². The summed E-state index contributed by atoms with van der Waals surface area (Å²) in [5, 5.41) is 5.35. The molecule has 0 saturated carbocycles. The van der Waals surface area contributed by atoms with Crippen molar-refractivity contribution in [2.75, 3.05) is 5.32 Å². The minimum Gasteiger partial charge on any atom is -0.347 e. The average molecular weight is 419 g/mol. The van der Waals surface area contributed by atoms with Gasteiger partial charge >= 0.3 is 6.18 Å². The highest BCUT2D eigenvalue weighted by atomic mass is 32.1. The second-order valence-corrected chi connectivity index (χ2v) is 7.13. The molecule has 1 aromatic heterocycles. The molecule has 0 fully saturated rings. The fraction of sp³-hybridized carbons (Fsp3) is 0.150. The van der Waals surface area contributed by atoms with E-state index in [9.17, 15) is 22.8 Å². The first kappa shape index (κ1) is 20.5. The first-order chi connectivity index (χ1) is 13.7. The highest BCUT2D eigenvalue weighted by molar-refractivity contribution is 7.17. The van der Waals surface area contributed by atoms with Gasteiger partial charge in [-0.15, -0.1) is 0 Å². The van der Waals surface area contributed by atoms with Crippen LogP contribution in [0.25, 0.3) is 0 Å². The van der Waals surface area contributed by atoms with Crippen molar-refractivity contribution in [2.24, 2.45) is 0 Å². The molecule has 150 valence electrons. The molecule has 1 heterocycles. The van der Waals surface area contributed by atoms with E-state index in [0.29, 0.717) is 17.1 Å². The summed E-state index contributed by atoms with van der Waals surface area (Å²) >= 11 is 0.958. The molecule has 0 spiro atoms.